The number of primary amides is 1. The van der Waals surface area contributed by atoms with Crippen LogP contribution in [-0.4, -0.2) is 53.3 Å². The molecule has 0 aliphatic carbocycles. The van der Waals surface area contributed by atoms with Crippen LogP contribution in [-0.2, 0) is 4.79 Å². The Morgan fingerprint density at radius 1 is 1.17 bits per heavy atom. The number of benzene rings is 1. The molecule has 2 heterocycles. The molecule has 1 amide bonds. The lowest BCUT2D eigenvalue weighted by Crippen LogP contribution is -2.49. The van der Waals surface area contributed by atoms with E-state index < -0.39 is 0 Å². The van der Waals surface area contributed by atoms with Gasteiger partial charge in [0.25, 0.3) is 5.56 Å². The van der Waals surface area contributed by atoms with Gasteiger partial charge in [-0.25, -0.2) is 0 Å². The van der Waals surface area contributed by atoms with E-state index in [-0.39, 0.29) is 23.0 Å². The highest BCUT2D eigenvalue weighted by atomic mass is 35.5. The SMILES string of the molecule is NC(=O)CN1CCN(c2cnn(-c3ccccc3)c(=O)c2Cl)CC1. The predicted octanol–water partition coefficient (Wildman–Crippen LogP) is 0.493. The predicted molar refractivity (Wildman–Crippen MR) is 92.7 cm³/mol. The van der Waals surface area contributed by atoms with Crippen LogP contribution in [0, 0.1) is 0 Å². The van der Waals surface area contributed by atoms with Gasteiger partial charge in [-0.1, -0.05) is 29.8 Å². The molecule has 0 radical (unpaired) electrons. The summed E-state index contributed by atoms with van der Waals surface area (Å²) in [6.45, 7) is 2.92. The van der Waals surface area contributed by atoms with Crippen molar-refractivity contribution in [2.45, 2.75) is 0 Å². The summed E-state index contributed by atoms with van der Waals surface area (Å²) in [6.07, 6.45) is 1.61. The van der Waals surface area contributed by atoms with Crippen LogP contribution >= 0.6 is 11.6 Å². The van der Waals surface area contributed by atoms with E-state index >= 15 is 0 Å². The fourth-order valence-electron chi connectivity index (χ4n) is 2.76. The molecule has 8 heteroatoms. The molecule has 7 nitrogen and oxygen atoms in total. The zero-order valence-electron chi connectivity index (χ0n) is 13.1. The van der Waals surface area contributed by atoms with Crippen LogP contribution in [0.25, 0.3) is 5.69 Å². The second-order valence-electron chi connectivity index (χ2n) is 5.63. The maximum Gasteiger partial charge on any atom is 0.292 e. The van der Waals surface area contributed by atoms with Gasteiger partial charge in [0.2, 0.25) is 5.91 Å². The Kier molecular flexibility index (Phi) is 4.82. The summed E-state index contributed by atoms with van der Waals surface area (Å²) in [4.78, 5) is 27.5. The van der Waals surface area contributed by atoms with Crippen molar-refractivity contribution in [2.75, 3.05) is 37.6 Å². The van der Waals surface area contributed by atoms with Gasteiger partial charge in [0, 0.05) is 26.2 Å². The van der Waals surface area contributed by atoms with E-state index in [1.807, 2.05) is 28.0 Å². The first-order valence-corrected chi connectivity index (χ1v) is 8.03. The Hall–Kier alpha value is -2.38. The molecule has 0 saturated carbocycles. The minimum atomic E-state index is -0.347. The van der Waals surface area contributed by atoms with Crippen molar-refractivity contribution in [3.8, 4) is 5.69 Å². The van der Waals surface area contributed by atoms with E-state index in [0.717, 1.165) is 0 Å². The topological polar surface area (TPSA) is 84.5 Å². The third-order valence-electron chi connectivity index (χ3n) is 3.99. The largest absolute Gasteiger partial charge is 0.369 e. The Morgan fingerprint density at radius 3 is 2.46 bits per heavy atom. The quantitative estimate of drug-likeness (QED) is 0.870. The van der Waals surface area contributed by atoms with Gasteiger partial charge >= 0.3 is 0 Å². The Balaban J connectivity index is 1.80. The second-order valence-corrected chi connectivity index (χ2v) is 6.00. The summed E-state index contributed by atoms with van der Waals surface area (Å²) < 4.78 is 1.29. The first kappa shape index (κ1) is 16.5. The van der Waals surface area contributed by atoms with Crippen molar-refractivity contribution in [3.63, 3.8) is 0 Å². The van der Waals surface area contributed by atoms with Gasteiger partial charge in [-0.15, -0.1) is 0 Å². The van der Waals surface area contributed by atoms with Crippen LogP contribution < -0.4 is 16.2 Å². The lowest BCUT2D eigenvalue weighted by Gasteiger charge is -2.35. The number of nitrogens with zero attached hydrogens (tertiary/aromatic N) is 4. The molecule has 0 atom stereocenters. The van der Waals surface area contributed by atoms with E-state index in [1.165, 1.54) is 4.68 Å². The Bertz CT molecular complexity index is 785. The molecule has 24 heavy (non-hydrogen) atoms. The highest BCUT2D eigenvalue weighted by Crippen LogP contribution is 2.22. The highest BCUT2D eigenvalue weighted by Gasteiger charge is 2.22. The van der Waals surface area contributed by atoms with Gasteiger partial charge in [0.1, 0.15) is 5.02 Å². The fraction of sp³-hybridized carbons (Fsp3) is 0.312. The smallest absolute Gasteiger partial charge is 0.292 e. The number of halogens is 1. The van der Waals surface area contributed by atoms with Crippen molar-refractivity contribution in [3.05, 3.63) is 51.9 Å². The van der Waals surface area contributed by atoms with Crippen LogP contribution in [0.5, 0.6) is 0 Å². The number of anilines is 1. The van der Waals surface area contributed by atoms with Crippen molar-refractivity contribution in [2.24, 2.45) is 5.73 Å². The number of carbonyl (C=O) groups is 1. The average molecular weight is 348 g/mol. The number of hydrogen-bond acceptors (Lipinski definition) is 5. The normalized spacial score (nSPS) is 15.5. The molecule has 0 bridgehead atoms. The lowest BCUT2D eigenvalue weighted by atomic mass is 10.2. The zero-order chi connectivity index (χ0) is 17.1. The van der Waals surface area contributed by atoms with Gasteiger partial charge in [0.15, 0.2) is 0 Å². The lowest BCUT2D eigenvalue weighted by molar-refractivity contribution is -0.119. The Morgan fingerprint density at radius 2 is 1.83 bits per heavy atom. The number of rotatable bonds is 4. The number of hydrogen-bond donors (Lipinski definition) is 1. The summed E-state index contributed by atoms with van der Waals surface area (Å²) >= 11 is 6.30. The molecule has 2 N–H and O–H groups in total. The highest BCUT2D eigenvalue weighted by molar-refractivity contribution is 6.33. The molecule has 1 saturated heterocycles. The number of carbonyl (C=O) groups excluding carboxylic acids is 1. The van der Waals surface area contributed by atoms with Gasteiger partial charge in [-0.05, 0) is 12.1 Å². The number of para-hydroxylation sites is 1. The van der Waals surface area contributed by atoms with Crippen molar-refractivity contribution >= 4 is 23.2 Å². The molecule has 2 aromatic rings. The van der Waals surface area contributed by atoms with E-state index in [0.29, 0.717) is 37.6 Å². The summed E-state index contributed by atoms with van der Waals surface area (Å²) in [5.74, 6) is -0.339. The number of nitrogens with two attached hydrogens (primary N) is 1. The third-order valence-corrected chi connectivity index (χ3v) is 4.35. The molecular weight excluding hydrogens is 330 g/mol. The van der Waals surface area contributed by atoms with Crippen LogP contribution in [0.15, 0.2) is 41.3 Å². The number of piperazine rings is 1. The van der Waals surface area contributed by atoms with Crippen LogP contribution in [0.3, 0.4) is 0 Å². The molecule has 1 aliphatic rings. The van der Waals surface area contributed by atoms with Gasteiger partial charge < -0.3 is 10.6 Å². The second kappa shape index (κ2) is 7.02. The van der Waals surface area contributed by atoms with Crippen LogP contribution in [0.1, 0.15) is 0 Å². The number of amides is 1. The minimum Gasteiger partial charge on any atom is -0.369 e. The standard InChI is InChI=1S/C16H18ClN5O2/c17-15-13(21-8-6-20(7-9-21)11-14(18)23)10-19-22(16(15)24)12-4-2-1-3-5-12/h1-5,10H,6-9,11H2,(H2,18,23). The van der Waals surface area contributed by atoms with Crippen LogP contribution in [0.2, 0.25) is 5.02 Å². The maximum atomic E-state index is 12.5. The molecule has 1 fully saturated rings. The summed E-state index contributed by atoms with van der Waals surface area (Å²) in [7, 11) is 0. The molecule has 0 spiro atoms. The van der Waals surface area contributed by atoms with E-state index in [2.05, 4.69) is 5.10 Å². The van der Waals surface area contributed by atoms with Crippen molar-refractivity contribution in [1.29, 1.82) is 0 Å². The van der Waals surface area contributed by atoms with Gasteiger partial charge in [-0.3, -0.25) is 14.5 Å². The summed E-state index contributed by atoms with van der Waals surface area (Å²) in [5.41, 5.74) is 6.16. The van der Waals surface area contributed by atoms with Crippen LogP contribution in [0.4, 0.5) is 5.69 Å². The number of aromatic nitrogens is 2. The first-order chi connectivity index (χ1) is 11.6. The molecule has 1 aliphatic heterocycles. The molecule has 126 valence electrons. The van der Waals surface area contributed by atoms with E-state index in [9.17, 15) is 9.59 Å². The Labute approximate surface area is 144 Å². The van der Waals surface area contributed by atoms with Crippen molar-refractivity contribution < 1.29 is 4.79 Å². The molecule has 1 aromatic heterocycles. The van der Waals surface area contributed by atoms with Gasteiger partial charge in [-0.2, -0.15) is 9.78 Å². The first-order valence-electron chi connectivity index (χ1n) is 7.65. The average Bonchev–Trinajstić information content (AvgIpc) is 2.58. The van der Waals surface area contributed by atoms with E-state index in [1.54, 1.807) is 18.3 Å². The summed E-state index contributed by atoms with van der Waals surface area (Å²) in [5, 5.41) is 4.39. The molecule has 0 unspecified atom stereocenters. The third kappa shape index (κ3) is 3.42. The van der Waals surface area contributed by atoms with E-state index in [4.69, 9.17) is 17.3 Å². The monoisotopic (exact) mass is 347 g/mol. The maximum absolute atomic E-state index is 12.5. The molecule has 3 rings (SSSR count). The van der Waals surface area contributed by atoms with Crippen molar-refractivity contribution in [1.82, 2.24) is 14.7 Å². The van der Waals surface area contributed by atoms with Gasteiger partial charge in [0.05, 0.1) is 24.1 Å². The fourth-order valence-corrected chi connectivity index (χ4v) is 3.01. The molecular formula is C16H18ClN5O2. The zero-order valence-corrected chi connectivity index (χ0v) is 13.8. The minimum absolute atomic E-state index is 0.150. The molecule has 1 aromatic carbocycles. The summed E-state index contributed by atoms with van der Waals surface area (Å²) in [6, 6.07) is 9.14.